The molecule has 2 atom stereocenters. The number of carbonyl (C=O) groups is 6. The summed E-state index contributed by atoms with van der Waals surface area (Å²) in [6.45, 7) is 3.38. The van der Waals surface area contributed by atoms with Crippen molar-refractivity contribution in [2.45, 2.75) is 39.0 Å². The number of nitrogens with zero attached hydrogens (tertiary/aromatic N) is 6. The van der Waals surface area contributed by atoms with Crippen molar-refractivity contribution in [2.75, 3.05) is 22.1 Å². The second-order valence-corrected chi connectivity index (χ2v) is 18.5. The lowest BCUT2D eigenvalue weighted by molar-refractivity contribution is 0.0686. The number of aromatic nitrogens is 8. The number of benzene rings is 4. The third-order valence-electron chi connectivity index (χ3n) is 12.9. The van der Waals surface area contributed by atoms with Gasteiger partial charge in [0.05, 0.1) is 23.2 Å². The number of nitrogens with two attached hydrogens (primary N) is 2. The van der Waals surface area contributed by atoms with Gasteiger partial charge in [-0.3, -0.25) is 38.4 Å². The number of hydrogen-bond donors (Lipinski definition) is 12. The van der Waals surface area contributed by atoms with Gasteiger partial charge in [0, 0.05) is 24.5 Å². The van der Waals surface area contributed by atoms with Crippen LogP contribution in [-0.2, 0) is 13.1 Å². The summed E-state index contributed by atoms with van der Waals surface area (Å²) in [4.78, 5) is 154. The molecule has 4 amide bonds. The topological polar surface area (TPSA) is 461 Å². The fraction of sp³-hybridized carbons (Fsp3) is 0.111. The summed E-state index contributed by atoms with van der Waals surface area (Å²) in [6.07, 6.45) is 0. The molecule has 84 heavy (non-hydrogen) atoms. The quantitative estimate of drug-likeness (QED) is 0.0531. The lowest BCUT2D eigenvalue weighted by Gasteiger charge is -2.15. The number of nitrogen functional groups attached to an aromatic ring is 2. The van der Waals surface area contributed by atoms with E-state index in [4.69, 9.17) is 21.7 Å². The maximum atomic E-state index is 13.2. The summed E-state index contributed by atoms with van der Waals surface area (Å²) in [5.74, 6) is -5.30. The normalized spacial score (nSPS) is 11.7. The smallest absolute Gasteiger partial charge is 0.349 e. The van der Waals surface area contributed by atoms with Gasteiger partial charge in [0.15, 0.2) is 0 Å². The minimum atomic E-state index is -1.09. The van der Waals surface area contributed by atoms with Crippen LogP contribution in [0.1, 0.15) is 111 Å². The Morgan fingerprint density at radius 1 is 0.512 bits per heavy atom. The van der Waals surface area contributed by atoms with Gasteiger partial charge in [0.2, 0.25) is 0 Å². The van der Waals surface area contributed by atoms with Gasteiger partial charge in [-0.25, -0.2) is 48.1 Å². The van der Waals surface area contributed by atoms with Crippen molar-refractivity contribution < 1.29 is 39.0 Å². The molecule has 30 heteroatoms. The largest absolute Gasteiger partial charge is 0.478 e. The minimum Gasteiger partial charge on any atom is -0.478 e. The fourth-order valence-electron chi connectivity index (χ4n) is 8.35. The molecule has 4 heterocycles. The zero-order valence-electron chi connectivity index (χ0n) is 43.6. The Hall–Kier alpha value is -12.2. The van der Waals surface area contributed by atoms with Gasteiger partial charge in [-0.2, -0.15) is 0 Å². The molecule has 0 bridgehead atoms. The third-order valence-corrected chi connectivity index (χ3v) is 12.9. The van der Waals surface area contributed by atoms with Crippen molar-refractivity contribution in [3.8, 4) is 0 Å². The third kappa shape index (κ3) is 11.7. The van der Waals surface area contributed by atoms with Gasteiger partial charge in [0.1, 0.15) is 45.5 Å². The number of aromatic amines is 2. The molecule has 0 aliphatic rings. The average Bonchev–Trinajstić information content (AvgIpc) is 3.57. The molecule has 4 aromatic heterocycles. The summed E-state index contributed by atoms with van der Waals surface area (Å²) in [5, 5.41) is 46.5. The lowest BCUT2D eigenvalue weighted by Crippen LogP contribution is -2.36. The van der Waals surface area contributed by atoms with Crippen LogP contribution < -0.4 is 76.5 Å². The van der Waals surface area contributed by atoms with E-state index in [2.05, 4.69) is 62.3 Å². The highest BCUT2D eigenvalue weighted by atomic mass is 16.4. The van der Waals surface area contributed by atoms with Crippen molar-refractivity contribution in [1.82, 2.24) is 60.4 Å². The Balaban J connectivity index is 0.000000202. The molecule has 0 saturated heterocycles. The molecule has 10 rings (SSSR count). The van der Waals surface area contributed by atoms with Crippen LogP contribution in [0.2, 0.25) is 0 Å². The van der Waals surface area contributed by atoms with Gasteiger partial charge in [-0.05, 0) is 96.8 Å². The lowest BCUT2D eigenvalue weighted by atomic mass is 10.1. The molecule has 0 fully saturated rings. The Morgan fingerprint density at radius 2 is 0.905 bits per heavy atom. The maximum Gasteiger partial charge on any atom is 0.349 e. The number of anilines is 6. The molecule has 0 aliphatic heterocycles. The number of carboxylic acid groups (broad SMARTS) is 2. The number of carbonyl (C=O) groups excluding carboxylic acids is 4. The summed E-state index contributed by atoms with van der Waals surface area (Å²) in [6, 6.07) is 26.4. The monoisotopic (exact) mass is 1140 g/mol. The summed E-state index contributed by atoms with van der Waals surface area (Å²) < 4.78 is 1.85. The second kappa shape index (κ2) is 23.2. The van der Waals surface area contributed by atoms with Crippen LogP contribution >= 0.6 is 0 Å². The van der Waals surface area contributed by atoms with E-state index >= 15 is 0 Å². The summed E-state index contributed by atoms with van der Waals surface area (Å²) >= 11 is 0. The molecular weight excluding hydrogens is 1100 g/mol. The highest BCUT2D eigenvalue weighted by Crippen LogP contribution is 2.22. The van der Waals surface area contributed by atoms with Crippen molar-refractivity contribution in [3.63, 3.8) is 0 Å². The second-order valence-electron chi connectivity index (χ2n) is 18.5. The predicted octanol–water partition coefficient (Wildman–Crippen LogP) is 0.917. The molecule has 0 aliphatic carbocycles. The predicted molar refractivity (Wildman–Crippen MR) is 299 cm³/mol. The molecule has 0 saturated carbocycles. The number of amides is 4. The van der Waals surface area contributed by atoms with E-state index in [0.29, 0.717) is 33.6 Å². The SMILES string of the molecule is C[C@@H](NC(=O)c1cc(C(=O)NCc2cccc(Nc3c(N)c(=O)c3=O)c2)n2c(=O)[nH]nc2n1)c1ccc(C(=O)O)cc1.C[C@@H](NC(=O)c1cc(C(=O)NCc2cccc(Nc3c(N)c(=O)c3=O)c2)nc2n[nH]c(=O)n12)c1ccc(C(=O)O)cc1. The van der Waals surface area contributed by atoms with E-state index in [-0.39, 0.29) is 81.3 Å². The zero-order valence-corrected chi connectivity index (χ0v) is 43.6. The molecule has 0 spiro atoms. The van der Waals surface area contributed by atoms with Crippen molar-refractivity contribution in [3.05, 3.63) is 227 Å². The van der Waals surface area contributed by atoms with Crippen molar-refractivity contribution >= 4 is 81.2 Å². The van der Waals surface area contributed by atoms with E-state index in [1.807, 2.05) is 0 Å². The van der Waals surface area contributed by atoms with E-state index in [1.54, 1.807) is 86.6 Å². The molecular formula is C54H44N16O14. The first-order chi connectivity index (χ1) is 40.1. The number of rotatable bonds is 18. The van der Waals surface area contributed by atoms with Crippen LogP contribution in [0, 0.1) is 0 Å². The molecule has 0 unspecified atom stereocenters. The van der Waals surface area contributed by atoms with E-state index in [0.717, 1.165) is 20.9 Å². The number of carboxylic acids is 2. The molecule has 0 radical (unpaired) electrons. The van der Waals surface area contributed by atoms with Crippen LogP contribution in [0.3, 0.4) is 0 Å². The number of hydrogen-bond acceptors (Lipinski definition) is 20. The first-order valence-corrected chi connectivity index (χ1v) is 24.8. The van der Waals surface area contributed by atoms with Crippen LogP contribution in [-0.4, -0.2) is 84.9 Å². The standard InChI is InChI=1S/2C27H22N8O7/c1-12(14-5-7-15(8-6-14)25(40)41)30-23(38)17-10-18(35-26(32-17)33-34-27(35)42)24(39)29-11-13-3-2-4-16(9-13)31-20-19(28)21(36)22(20)37;1-12(14-5-7-15(8-6-14)25(40)41)30-24(39)18-10-17(32-26-33-34-27(42)35(18)26)23(38)29-11-13-3-2-4-16(9-13)31-20-19(28)21(36)22(20)37/h2-10,12,31H,11,28H2,1H3,(H,29,39)(H,30,38)(H,34,42)(H,40,41);2-10,12,31H,11,28H2,1H3,(H,29,38)(H,30,39)(H,34,42)(H,40,41)/t2*12-/m11/s1. The molecule has 14 N–H and O–H groups in total. The number of fused-ring (bicyclic) bond motifs is 2. The van der Waals surface area contributed by atoms with Gasteiger partial charge in [-0.1, -0.05) is 48.5 Å². The average molecular weight is 1140 g/mol. The highest BCUT2D eigenvalue weighted by molar-refractivity contribution is 5.99. The fourth-order valence-corrected chi connectivity index (χ4v) is 8.35. The zero-order chi connectivity index (χ0) is 60.3. The summed E-state index contributed by atoms with van der Waals surface area (Å²) in [5.41, 5.74) is 9.24. The number of aromatic carboxylic acids is 2. The van der Waals surface area contributed by atoms with E-state index in [1.165, 1.54) is 24.3 Å². The van der Waals surface area contributed by atoms with Crippen molar-refractivity contribution in [2.24, 2.45) is 0 Å². The molecule has 30 nitrogen and oxygen atoms in total. The first-order valence-electron chi connectivity index (χ1n) is 24.8. The highest BCUT2D eigenvalue weighted by Gasteiger charge is 2.25. The summed E-state index contributed by atoms with van der Waals surface area (Å²) in [7, 11) is 0. The van der Waals surface area contributed by atoms with Crippen LogP contribution in [0.15, 0.2) is 138 Å². The van der Waals surface area contributed by atoms with Crippen LogP contribution in [0.4, 0.5) is 34.1 Å². The Labute approximate surface area is 467 Å². The minimum absolute atomic E-state index is 0.00269. The molecule has 424 valence electrons. The van der Waals surface area contributed by atoms with Gasteiger partial charge >= 0.3 is 23.3 Å². The van der Waals surface area contributed by atoms with Gasteiger partial charge < -0.3 is 53.6 Å². The van der Waals surface area contributed by atoms with Crippen LogP contribution in [0.25, 0.3) is 11.6 Å². The Kier molecular flexibility index (Phi) is 15.6. The van der Waals surface area contributed by atoms with E-state index in [9.17, 15) is 57.5 Å². The van der Waals surface area contributed by atoms with Gasteiger partial charge in [0.25, 0.3) is 56.9 Å². The van der Waals surface area contributed by atoms with Gasteiger partial charge in [-0.15, -0.1) is 10.2 Å². The van der Waals surface area contributed by atoms with Crippen LogP contribution in [0.5, 0.6) is 0 Å². The van der Waals surface area contributed by atoms with Crippen molar-refractivity contribution in [1.29, 1.82) is 0 Å². The first kappa shape index (κ1) is 56.5. The van der Waals surface area contributed by atoms with E-state index < -0.39 is 80.7 Å². The molecule has 6 aromatic carbocycles. The maximum absolute atomic E-state index is 13.2. The molecule has 10 aromatic rings. The Morgan fingerprint density at radius 3 is 1.32 bits per heavy atom. The number of H-pyrrole nitrogens is 2. The Bertz CT molecular complexity index is 4580. The number of nitrogens with one attached hydrogen (secondary N) is 8.